The number of hydrogen-bond donors (Lipinski definition) is 0. The Morgan fingerprint density at radius 2 is 1.78 bits per heavy atom. The fourth-order valence-corrected chi connectivity index (χ4v) is 2.68. The minimum Gasteiger partial charge on any atom is -0.346 e. The Bertz CT molecular complexity index is 506. The van der Waals surface area contributed by atoms with E-state index in [2.05, 4.69) is 0 Å². The van der Waals surface area contributed by atoms with Crippen LogP contribution in [0.4, 0.5) is 0 Å². The van der Waals surface area contributed by atoms with Gasteiger partial charge in [0.25, 0.3) is 0 Å². The van der Waals surface area contributed by atoms with Crippen molar-refractivity contribution in [2.75, 3.05) is 19.3 Å². The Labute approximate surface area is 109 Å². The summed E-state index contributed by atoms with van der Waals surface area (Å²) in [6.07, 6.45) is 0.0283. The van der Waals surface area contributed by atoms with Gasteiger partial charge < -0.3 is 4.90 Å². The number of nitrogens with zero attached hydrogens (tertiary/aromatic N) is 1. The van der Waals surface area contributed by atoms with Gasteiger partial charge in [-0.2, -0.15) is 0 Å². The topological polar surface area (TPSA) is 54.5 Å². The second-order valence-electron chi connectivity index (χ2n) is 4.29. The molecule has 0 heterocycles. The summed E-state index contributed by atoms with van der Waals surface area (Å²) >= 11 is 0. The third kappa shape index (κ3) is 3.84. The van der Waals surface area contributed by atoms with Gasteiger partial charge in [-0.3, -0.25) is 4.79 Å². The number of sulfone groups is 1. The van der Waals surface area contributed by atoms with Crippen molar-refractivity contribution < 1.29 is 13.2 Å². The van der Waals surface area contributed by atoms with Gasteiger partial charge in [0.05, 0.1) is 10.6 Å². The maximum atomic E-state index is 12.0. The van der Waals surface area contributed by atoms with Crippen LogP contribution < -0.4 is 0 Å². The first-order chi connectivity index (χ1) is 8.36. The summed E-state index contributed by atoms with van der Waals surface area (Å²) in [4.78, 5) is 13.4. The first-order valence-corrected chi connectivity index (χ1v) is 7.55. The predicted octanol–water partition coefficient (Wildman–Crippen LogP) is 1.64. The molecule has 0 fully saturated rings. The Morgan fingerprint density at radius 3 is 2.28 bits per heavy atom. The highest BCUT2D eigenvalue weighted by Crippen LogP contribution is 2.13. The van der Waals surface area contributed by atoms with E-state index in [1.807, 2.05) is 13.8 Å². The van der Waals surface area contributed by atoms with Crippen LogP contribution in [0.15, 0.2) is 29.2 Å². The van der Waals surface area contributed by atoms with E-state index in [1.54, 1.807) is 31.3 Å². The van der Waals surface area contributed by atoms with Crippen molar-refractivity contribution in [3.8, 4) is 0 Å². The standard InChI is InChI=1S/C13H19NO3S/c1-4-14(3)13(15)9-10-18(16,17)12-7-5-11(2)6-8-12/h5-8H,4,9-10H2,1-3H3. The van der Waals surface area contributed by atoms with Crippen molar-refractivity contribution in [3.05, 3.63) is 29.8 Å². The Hall–Kier alpha value is -1.36. The molecule has 0 atom stereocenters. The summed E-state index contributed by atoms with van der Waals surface area (Å²) in [5, 5.41) is 0. The molecular weight excluding hydrogens is 250 g/mol. The Morgan fingerprint density at radius 1 is 1.22 bits per heavy atom. The highest BCUT2D eigenvalue weighted by Gasteiger charge is 2.17. The molecule has 1 aromatic rings. The van der Waals surface area contributed by atoms with Gasteiger partial charge in [-0.25, -0.2) is 8.42 Å². The van der Waals surface area contributed by atoms with E-state index in [4.69, 9.17) is 0 Å². The molecule has 0 N–H and O–H groups in total. The molecule has 0 aliphatic rings. The minimum atomic E-state index is -3.36. The van der Waals surface area contributed by atoms with Gasteiger partial charge in [0.1, 0.15) is 0 Å². The molecule has 0 saturated carbocycles. The number of rotatable bonds is 5. The van der Waals surface area contributed by atoms with Gasteiger partial charge in [-0.05, 0) is 26.0 Å². The predicted molar refractivity (Wildman–Crippen MR) is 71.2 cm³/mol. The maximum Gasteiger partial charge on any atom is 0.223 e. The number of benzene rings is 1. The highest BCUT2D eigenvalue weighted by atomic mass is 32.2. The zero-order valence-electron chi connectivity index (χ0n) is 11.0. The van der Waals surface area contributed by atoms with Crippen LogP contribution in [-0.4, -0.2) is 38.6 Å². The van der Waals surface area contributed by atoms with E-state index in [0.29, 0.717) is 6.54 Å². The van der Waals surface area contributed by atoms with Crippen LogP contribution in [0.2, 0.25) is 0 Å². The van der Waals surface area contributed by atoms with Crippen molar-refractivity contribution in [1.82, 2.24) is 4.90 Å². The van der Waals surface area contributed by atoms with Crippen molar-refractivity contribution in [2.24, 2.45) is 0 Å². The molecule has 18 heavy (non-hydrogen) atoms. The normalized spacial score (nSPS) is 11.3. The molecule has 1 rings (SSSR count). The number of carbonyl (C=O) groups excluding carboxylic acids is 1. The van der Waals surface area contributed by atoms with Gasteiger partial charge in [0.2, 0.25) is 5.91 Å². The fraction of sp³-hybridized carbons (Fsp3) is 0.462. The average molecular weight is 269 g/mol. The molecule has 0 spiro atoms. The van der Waals surface area contributed by atoms with Crippen LogP contribution in [0, 0.1) is 6.92 Å². The molecule has 0 aliphatic heterocycles. The second kappa shape index (κ2) is 6.00. The molecule has 0 saturated heterocycles. The number of hydrogen-bond acceptors (Lipinski definition) is 3. The summed E-state index contributed by atoms with van der Waals surface area (Å²) in [6, 6.07) is 6.68. The van der Waals surface area contributed by atoms with Gasteiger partial charge in [0, 0.05) is 20.0 Å². The monoisotopic (exact) mass is 269 g/mol. The summed E-state index contributed by atoms with van der Waals surface area (Å²) in [5.41, 5.74) is 1.01. The quantitative estimate of drug-likeness (QED) is 0.816. The number of amides is 1. The first-order valence-electron chi connectivity index (χ1n) is 5.90. The minimum absolute atomic E-state index is 0.0283. The van der Waals surface area contributed by atoms with Crippen molar-refractivity contribution in [3.63, 3.8) is 0 Å². The van der Waals surface area contributed by atoms with E-state index in [1.165, 1.54) is 4.90 Å². The molecule has 1 amide bonds. The molecule has 0 bridgehead atoms. The molecule has 0 unspecified atom stereocenters. The van der Waals surface area contributed by atoms with Crippen LogP contribution in [-0.2, 0) is 14.6 Å². The van der Waals surface area contributed by atoms with Crippen molar-refractivity contribution in [1.29, 1.82) is 0 Å². The largest absolute Gasteiger partial charge is 0.346 e. The molecule has 0 aliphatic carbocycles. The van der Waals surface area contributed by atoms with Crippen LogP contribution in [0.1, 0.15) is 18.9 Å². The van der Waals surface area contributed by atoms with Crippen LogP contribution in [0.3, 0.4) is 0 Å². The zero-order valence-corrected chi connectivity index (χ0v) is 11.8. The van der Waals surface area contributed by atoms with Crippen molar-refractivity contribution >= 4 is 15.7 Å². The molecule has 100 valence electrons. The van der Waals surface area contributed by atoms with Gasteiger partial charge in [-0.1, -0.05) is 17.7 Å². The van der Waals surface area contributed by atoms with Crippen molar-refractivity contribution in [2.45, 2.75) is 25.2 Å². The SMILES string of the molecule is CCN(C)C(=O)CCS(=O)(=O)c1ccc(C)cc1. The number of aryl methyl sites for hydroxylation is 1. The highest BCUT2D eigenvalue weighted by molar-refractivity contribution is 7.91. The molecule has 4 nitrogen and oxygen atoms in total. The Balaban J connectivity index is 2.71. The van der Waals surface area contributed by atoms with E-state index in [0.717, 1.165) is 5.56 Å². The molecular formula is C13H19NO3S. The first kappa shape index (κ1) is 14.7. The maximum absolute atomic E-state index is 12.0. The van der Waals surface area contributed by atoms with Gasteiger partial charge in [0.15, 0.2) is 9.84 Å². The zero-order chi connectivity index (χ0) is 13.8. The fourth-order valence-electron chi connectivity index (χ4n) is 1.45. The van der Waals surface area contributed by atoms with E-state index >= 15 is 0 Å². The third-order valence-corrected chi connectivity index (χ3v) is 4.60. The second-order valence-corrected chi connectivity index (χ2v) is 6.40. The molecule has 0 radical (unpaired) electrons. The van der Waals surface area contributed by atoms with Gasteiger partial charge >= 0.3 is 0 Å². The smallest absolute Gasteiger partial charge is 0.223 e. The van der Waals surface area contributed by atoms with Gasteiger partial charge in [-0.15, -0.1) is 0 Å². The Kier molecular flexibility index (Phi) is 4.90. The lowest BCUT2D eigenvalue weighted by Gasteiger charge is -2.14. The van der Waals surface area contributed by atoms with Crippen LogP contribution >= 0.6 is 0 Å². The molecule has 5 heteroatoms. The summed E-state index contributed by atoms with van der Waals surface area (Å²) < 4.78 is 24.0. The van der Waals surface area contributed by atoms with Crippen LogP contribution in [0.5, 0.6) is 0 Å². The lowest BCUT2D eigenvalue weighted by Crippen LogP contribution is -2.28. The number of carbonyl (C=O) groups is 1. The van der Waals surface area contributed by atoms with E-state index < -0.39 is 9.84 Å². The molecule has 0 aromatic heterocycles. The van der Waals surface area contributed by atoms with E-state index in [9.17, 15) is 13.2 Å². The average Bonchev–Trinajstić information content (AvgIpc) is 2.35. The van der Waals surface area contributed by atoms with E-state index in [-0.39, 0.29) is 23.0 Å². The third-order valence-electron chi connectivity index (χ3n) is 2.86. The summed E-state index contributed by atoms with van der Waals surface area (Å²) in [7, 11) is -1.69. The molecule has 1 aromatic carbocycles. The van der Waals surface area contributed by atoms with Crippen LogP contribution in [0.25, 0.3) is 0 Å². The summed E-state index contributed by atoms with van der Waals surface area (Å²) in [5.74, 6) is -0.285. The lowest BCUT2D eigenvalue weighted by molar-refractivity contribution is -0.129. The summed E-state index contributed by atoms with van der Waals surface area (Å²) in [6.45, 7) is 4.34. The lowest BCUT2D eigenvalue weighted by atomic mass is 10.2.